The number of nitrogens with zero attached hydrogens (tertiary/aromatic N) is 12. The molecule has 6 aromatic heterocycles. The second-order valence-corrected chi connectivity index (χ2v) is 21.9. The summed E-state index contributed by atoms with van der Waals surface area (Å²) in [5, 5.41) is 15.9. The Balaban J connectivity index is 0.000000180. The highest BCUT2D eigenvalue weighted by Gasteiger charge is 2.32. The van der Waals surface area contributed by atoms with E-state index in [1.807, 2.05) is 58.5 Å². The van der Waals surface area contributed by atoms with E-state index in [1.165, 1.54) is 12.4 Å². The average Bonchev–Trinajstić information content (AvgIpc) is 4.18. The lowest BCUT2D eigenvalue weighted by atomic mass is 10.0. The van der Waals surface area contributed by atoms with E-state index in [1.54, 1.807) is 88.6 Å². The van der Waals surface area contributed by atoms with Gasteiger partial charge in [-0.2, -0.15) is 30.1 Å². The van der Waals surface area contributed by atoms with Gasteiger partial charge in [-0.05, 0) is 98.0 Å². The molecule has 0 saturated carbocycles. The number of ether oxygens (including phenoxy) is 2. The second-order valence-electron chi connectivity index (χ2n) is 18.2. The van der Waals surface area contributed by atoms with E-state index in [4.69, 9.17) is 9.47 Å². The van der Waals surface area contributed by atoms with Crippen LogP contribution in [0.2, 0.25) is 0 Å². The van der Waals surface area contributed by atoms with Gasteiger partial charge in [0.1, 0.15) is 12.3 Å². The molecule has 24 heteroatoms. The SMILES string of the molecule is CCOc1nc(Nc2cnn(C3CCN(C)CC3F)c2)nc2c1ccn2S(=O)(=O)c1ccc(C)cc1.CCOc1nc(Nc2cnn(C3CCN(C)CC3F)c2C)nc2c1ccn2S(=O)(=O)c1ccc(C)cc1. The molecule has 2 fully saturated rings. The number of benzene rings is 2. The summed E-state index contributed by atoms with van der Waals surface area (Å²) in [6, 6.07) is 15.8. The van der Waals surface area contributed by atoms with Gasteiger partial charge in [0.15, 0.2) is 11.3 Å². The Hall–Kier alpha value is -7.02. The molecule has 4 atom stereocenters. The lowest BCUT2D eigenvalue weighted by Gasteiger charge is -2.32. The molecule has 8 heterocycles. The Bertz CT molecular complexity index is 3470. The maximum Gasteiger partial charge on any atom is 0.269 e. The molecule has 2 saturated heterocycles. The number of piperidine rings is 2. The van der Waals surface area contributed by atoms with E-state index >= 15 is 0 Å². The topological polar surface area (TPSA) is 214 Å². The molecule has 2 aliphatic heterocycles. The third kappa shape index (κ3) is 10.5. The van der Waals surface area contributed by atoms with E-state index in [2.05, 4.69) is 40.8 Å². The third-order valence-corrected chi connectivity index (χ3v) is 16.3. The molecule has 20 nitrogen and oxygen atoms in total. The molecule has 0 bridgehead atoms. The van der Waals surface area contributed by atoms with Crippen LogP contribution in [0.5, 0.6) is 11.8 Å². The highest BCUT2D eigenvalue weighted by molar-refractivity contribution is 7.90. The minimum Gasteiger partial charge on any atom is -0.477 e. The van der Waals surface area contributed by atoms with Crippen LogP contribution in [-0.4, -0.2) is 140 Å². The van der Waals surface area contributed by atoms with Gasteiger partial charge in [0.05, 0.1) is 75.3 Å². The summed E-state index contributed by atoms with van der Waals surface area (Å²) in [6.45, 7) is 12.3. The van der Waals surface area contributed by atoms with Crippen LogP contribution < -0.4 is 20.1 Å². The molecule has 2 aromatic carbocycles. The number of nitrogens with one attached hydrogen (secondary N) is 2. The Morgan fingerprint density at radius 2 is 1.11 bits per heavy atom. The van der Waals surface area contributed by atoms with Gasteiger partial charge >= 0.3 is 0 Å². The van der Waals surface area contributed by atoms with Crippen LogP contribution in [0.4, 0.5) is 32.1 Å². The number of aromatic nitrogens is 10. The first-order chi connectivity index (χ1) is 34.9. The van der Waals surface area contributed by atoms with Crippen LogP contribution >= 0.6 is 0 Å². The number of anilines is 4. The number of hydrogen-bond acceptors (Lipinski definition) is 16. The second kappa shape index (κ2) is 20.8. The summed E-state index contributed by atoms with van der Waals surface area (Å²) >= 11 is 0. The van der Waals surface area contributed by atoms with E-state index < -0.39 is 32.4 Å². The van der Waals surface area contributed by atoms with E-state index in [9.17, 15) is 25.6 Å². The first-order valence-electron chi connectivity index (χ1n) is 23.9. The highest BCUT2D eigenvalue weighted by Crippen LogP contribution is 2.34. The summed E-state index contributed by atoms with van der Waals surface area (Å²) in [5.74, 6) is 0.814. The van der Waals surface area contributed by atoms with Gasteiger partial charge in [-0.25, -0.2) is 33.6 Å². The Kier molecular flexibility index (Phi) is 14.5. The van der Waals surface area contributed by atoms with Gasteiger partial charge in [0, 0.05) is 44.8 Å². The van der Waals surface area contributed by atoms with Crippen molar-refractivity contribution in [2.24, 2.45) is 0 Å². The third-order valence-electron chi connectivity index (χ3n) is 12.9. The monoisotopic (exact) mass is 1040 g/mol. The standard InChI is InChI=1S/C25H30FN7O3S.C24H28FN7O3S/c1-5-36-24-19-10-13-32(37(34,35)18-8-6-16(2)7-9-18)23(19)29-25(30-24)28-21-14-27-33(17(21)3)22-11-12-31(4)15-20(22)26;1-4-35-23-19-9-12-32(36(33,34)18-7-5-16(2)6-8-18)22(19)28-24(29-23)27-17-13-26-31(14-17)21-10-11-30(3)15-20(21)25/h6-10,13-14,20,22H,5,11-12,15H2,1-4H3,(H,28,29,30);5-9,12-14,20-21H,4,10-11,15H2,1-3H3,(H,27,28,29). The van der Waals surface area contributed by atoms with Crippen molar-refractivity contribution in [1.82, 2.24) is 57.2 Å². The van der Waals surface area contributed by atoms with Crippen LogP contribution in [0.1, 0.15) is 55.6 Å². The number of fused-ring (bicyclic) bond motifs is 2. The molecule has 10 rings (SSSR count). The molecule has 2 aliphatic rings. The number of hydrogen-bond donors (Lipinski definition) is 2. The highest BCUT2D eigenvalue weighted by atomic mass is 32.2. The van der Waals surface area contributed by atoms with Crippen LogP contribution in [0.25, 0.3) is 22.1 Å². The van der Waals surface area contributed by atoms with E-state index in [-0.39, 0.29) is 56.8 Å². The lowest BCUT2D eigenvalue weighted by Crippen LogP contribution is -2.41. The fourth-order valence-electron chi connectivity index (χ4n) is 8.95. The predicted molar refractivity (Wildman–Crippen MR) is 273 cm³/mol. The van der Waals surface area contributed by atoms with Crippen molar-refractivity contribution >= 4 is 65.4 Å². The first kappa shape index (κ1) is 50.9. The van der Waals surface area contributed by atoms with Crippen molar-refractivity contribution < 1.29 is 35.1 Å². The van der Waals surface area contributed by atoms with Crippen molar-refractivity contribution in [2.75, 3.05) is 64.1 Å². The summed E-state index contributed by atoms with van der Waals surface area (Å²) in [4.78, 5) is 22.2. The van der Waals surface area contributed by atoms with Gasteiger partial charge in [0.25, 0.3) is 20.0 Å². The van der Waals surface area contributed by atoms with Gasteiger partial charge < -0.3 is 29.9 Å². The molecule has 0 radical (unpaired) electrons. The summed E-state index contributed by atoms with van der Waals surface area (Å²) in [5.41, 5.74) is 4.18. The molecule has 73 heavy (non-hydrogen) atoms. The first-order valence-corrected chi connectivity index (χ1v) is 26.8. The normalized spacial score (nSPS) is 18.9. The number of aryl methyl sites for hydroxylation is 2. The quantitative estimate of drug-likeness (QED) is 0.109. The Morgan fingerprint density at radius 3 is 1.59 bits per heavy atom. The van der Waals surface area contributed by atoms with Gasteiger partial charge in [-0.15, -0.1) is 0 Å². The van der Waals surface area contributed by atoms with Crippen molar-refractivity contribution in [3.63, 3.8) is 0 Å². The average molecular weight is 1040 g/mol. The summed E-state index contributed by atoms with van der Waals surface area (Å²) < 4.78 is 100.0. The maximum atomic E-state index is 14.8. The minimum atomic E-state index is -3.91. The lowest BCUT2D eigenvalue weighted by molar-refractivity contribution is 0.0994. The number of rotatable bonds is 14. The zero-order valence-electron chi connectivity index (χ0n) is 41.5. The van der Waals surface area contributed by atoms with Crippen LogP contribution in [0, 0.1) is 20.8 Å². The fraction of sp³-hybridized carbons (Fsp3) is 0.388. The maximum absolute atomic E-state index is 14.8. The minimum absolute atomic E-state index is 0.143. The number of alkyl halides is 2. The molecule has 2 N–H and O–H groups in total. The number of likely N-dealkylation sites (tertiary alicyclic amines) is 2. The van der Waals surface area contributed by atoms with Crippen molar-refractivity contribution in [1.29, 1.82) is 0 Å². The molecule has 4 unspecified atom stereocenters. The van der Waals surface area contributed by atoms with Crippen LogP contribution in [0.15, 0.2) is 101 Å². The summed E-state index contributed by atoms with van der Waals surface area (Å²) in [7, 11) is -4.00. The molecule has 0 amide bonds. The van der Waals surface area contributed by atoms with Crippen molar-refractivity contribution in [3.8, 4) is 11.8 Å². The molecular formula is C49H58F2N14O6S2. The Morgan fingerprint density at radius 1 is 0.630 bits per heavy atom. The van der Waals surface area contributed by atoms with Crippen molar-refractivity contribution in [2.45, 2.75) is 81.7 Å². The fourth-order valence-corrected chi connectivity index (χ4v) is 11.5. The van der Waals surface area contributed by atoms with Crippen LogP contribution in [0.3, 0.4) is 0 Å². The smallest absolute Gasteiger partial charge is 0.269 e. The summed E-state index contributed by atoms with van der Waals surface area (Å²) in [6.07, 6.45) is 7.03. The van der Waals surface area contributed by atoms with Crippen LogP contribution in [-0.2, 0) is 20.0 Å². The van der Waals surface area contributed by atoms with Gasteiger partial charge in [0.2, 0.25) is 23.7 Å². The molecule has 0 aliphatic carbocycles. The number of halogens is 2. The molecule has 386 valence electrons. The zero-order chi connectivity index (χ0) is 51.8. The molecule has 0 spiro atoms. The van der Waals surface area contributed by atoms with Gasteiger partial charge in [-0.1, -0.05) is 35.4 Å². The van der Waals surface area contributed by atoms with Crippen molar-refractivity contribution in [3.05, 3.63) is 108 Å². The van der Waals surface area contributed by atoms with Gasteiger partial charge in [-0.3, -0.25) is 9.36 Å². The molecule has 8 aromatic rings. The molecular weight excluding hydrogens is 983 g/mol. The Labute approximate surface area is 422 Å². The zero-order valence-corrected chi connectivity index (χ0v) is 43.1. The predicted octanol–water partition coefficient (Wildman–Crippen LogP) is 7.37. The largest absolute Gasteiger partial charge is 0.477 e. The van der Waals surface area contributed by atoms with E-state index in [0.29, 0.717) is 61.3 Å². The van der Waals surface area contributed by atoms with E-state index in [0.717, 1.165) is 37.9 Å².